The largest absolute Gasteiger partial charge is 0.383 e. The predicted octanol–water partition coefficient (Wildman–Crippen LogP) is 6.50. The zero-order valence-corrected chi connectivity index (χ0v) is 24.3. The lowest BCUT2D eigenvalue weighted by Crippen LogP contribution is -2.46. The van der Waals surface area contributed by atoms with Crippen molar-refractivity contribution in [3.63, 3.8) is 0 Å². The third kappa shape index (κ3) is 6.81. The third-order valence-electron chi connectivity index (χ3n) is 7.83. The number of fused-ring (bicyclic) bond motifs is 3. The molecule has 1 saturated heterocycles. The summed E-state index contributed by atoms with van der Waals surface area (Å²) in [6.07, 6.45) is 2.56. The fourth-order valence-electron chi connectivity index (χ4n) is 5.76. The first-order chi connectivity index (χ1) is 20.2. The number of anilines is 2. The summed E-state index contributed by atoms with van der Waals surface area (Å²) < 4.78 is 20.0. The molecule has 7 heteroatoms. The van der Waals surface area contributed by atoms with Gasteiger partial charge in [0.15, 0.2) is 0 Å². The first-order valence-corrected chi connectivity index (χ1v) is 14.7. The topological polar surface area (TPSA) is 53.5 Å². The second-order valence-corrected chi connectivity index (χ2v) is 10.4. The molecular formula is C34H40FN5O. The van der Waals surface area contributed by atoms with Crippen molar-refractivity contribution in [2.24, 2.45) is 0 Å². The average Bonchev–Trinajstić information content (AvgIpc) is 3.02. The molecule has 1 aliphatic carbocycles. The van der Waals surface area contributed by atoms with Crippen LogP contribution < -0.4 is 5.32 Å². The van der Waals surface area contributed by atoms with Crippen LogP contribution in [0.1, 0.15) is 42.0 Å². The Balaban J connectivity index is 0.00000165. The molecule has 1 aliphatic heterocycles. The number of nitrogens with one attached hydrogen (secondary N) is 1. The number of benzene rings is 3. The monoisotopic (exact) mass is 553 g/mol. The Morgan fingerprint density at radius 1 is 0.902 bits per heavy atom. The van der Waals surface area contributed by atoms with E-state index in [0.717, 1.165) is 73.9 Å². The van der Waals surface area contributed by atoms with Crippen LogP contribution in [0.4, 0.5) is 16.0 Å². The maximum atomic E-state index is 14.7. The molecular weight excluding hydrogens is 513 g/mol. The minimum absolute atomic E-state index is 0.0594. The molecule has 1 atom stereocenters. The van der Waals surface area contributed by atoms with Gasteiger partial charge in [0.05, 0.1) is 12.3 Å². The Morgan fingerprint density at radius 3 is 2.41 bits per heavy atom. The Morgan fingerprint density at radius 2 is 1.63 bits per heavy atom. The summed E-state index contributed by atoms with van der Waals surface area (Å²) in [6.45, 7) is 11.0. The third-order valence-corrected chi connectivity index (χ3v) is 7.83. The van der Waals surface area contributed by atoms with Crippen LogP contribution >= 0.6 is 0 Å². The highest BCUT2D eigenvalue weighted by atomic mass is 19.1. The molecule has 3 aromatic carbocycles. The summed E-state index contributed by atoms with van der Waals surface area (Å²) in [7, 11) is 1.76. The van der Waals surface area contributed by atoms with Crippen LogP contribution in [-0.4, -0.2) is 66.2 Å². The molecule has 0 bridgehead atoms. The van der Waals surface area contributed by atoms with Gasteiger partial charge in [0, 0.05) is 69.7 Å². The molecule has 1 aromatic heterocycles. The summed E-state index contributed by atoms with van der Waals surface area (Å²) >= 11 is 0. The van der Waals surface area contributed by atoms with Crippen molar-refractivity contribution in [2.45, 2.75) is 32.7 Å². The highest BCUT2D eigenvalue weighted by Gasteiger charge is 2.29. The van der Waals surface area contributed by atoms with Crippen molar-refractivity contribution in [3.05, 3.63) is 107 Å². The maximum absolute atomic E-state index is 14.7. The zero-order valence-electron chi connectivity index (χ0n) is 24.3. The van der Waals surface area contributed by atoms with Crippen LogP contribution in [-0.2, 0) is 17.7 Å². The van der Waals surface area contributed by atoms with Gasteiger partial charge in [-0.2, -0.15) is 0 Å². The molecule has 0 spiro atoms. The number of methoxy groups -OCH3 is 1. The van der Waals surface area contributed by atoms with Crippen molar-refractivity contribution in [2.75, 3.05) is 51.8 Å². The van der Waals surface area contributed by atoms with Gasteiger partial charge in [0.1, 0.15) is 5.82 Å². The van der Waals surface area contributed by atoms with Crippen LogP contribution in [0.5, 0.6) is 0 Å². The number of rotatable bonds is 8. The molecule has 2 aliphatic rings. The van der Waals surface area contributed by atoms with E-state index in [1.54, 1.807) is 13.2 Å². The number of aromatic nitrogens is 2. The number of hydrogen-bond donors (Lipinski definition) is 1. The van der Waals surface area contributed by atoms with Gasteiger partial charge >= 0.3 is 0 Å². The van der Waals surface area contributed by atoms with E-state index in [1.807, 2.05) is 44.3 Å². The maximum Gasteiger partial charge on any atom is 0.227 e. The van der Waals surface area contributed by atoms with Gasteiger partial charge in [0.2, 0.25) is 5.95 Å². The number of nitrogens with zero attached hydrogens (tertiary/aromatic N) is 4. The van der Waals surface area contributed by atoms with E-state index in [0.29, 0.717) is 17.9 Å². The van der Waals surface area contributed by atoms with Gasteiger partial charge in [-0.3, -0.25) is 9.80 Å². The minimum atomic E-state index is -0.173. The van der Waals surface area contributed by atoms with Gasteiger partial charge in [-0.25, -0.2) is 14.4 Å². The lowest BCUT2D eigenvalue weighted by molar-refractivity contribution is 0.0938. The van der Waals surface area contributed by atoms with Gasteiger partial charge in [-0.05, 0) is 46.9 Å². The van der Waals surface area contributed by atoms with E-state index in [-0.39, 0.29) is 11.7 Å². The molecule has 6 rings (SSSR count). The van der Waals surface area contributed by atoms with E-state index < -0.39 is 0 Å². The van der Waals surface area contributed by atoms with Crippen LogP contribution in [0.3, 0.4) is 0 Å². The SMILES string of the molecule is CC.COCCN1CCN(Cc2cccc(Nc3ncc4c(n3)-c3ccccc3[C@H](c3ccccc3F)C4)c2)CC1. The van der Waals surface area contributed by atoms with Crippen molar-refractivity contribution in [1.82, 2.24) is 19.8 Å². The first kappa shape index (κ1) is 28.9. The van der Waals surface area contributed by atoms with E-state index in [9.17, 15) is 4.39 Å². The van der Waals surface area contributed by atoms with Gasteiger partial charge in [0.25, 0.3) is 0 Å². The van der Waals surface area contributed by atoms with E-state index in [1.165, 1.54) is 11.6 Å². The number of ether oxygens (including phenoxy) is 1. The summed E-state index contributed by atoms with van der Waals surface area (Å²) in [5.74, 6) is 0.334. The van der Waals surface area contributed by atoms with Crippen LogP contribution in [0.25, 0.3) is 11.3 Å². The molecule has 0 radical (unpaired) electrons. The van der Waals surface area contributed by atoms with E-state index >= 15 is 0 Å². The Hall–Kier alpha value is -3.65. The fourth-order valence-corrected chi connectivity index (χ4v) is 5.76. The number of halogens is 1. The molecule has 0 saturated carbocycles. The van der Waals surface area contributed by atoms with Crippen LogP contribution in [0.15, 0.2) is 79.0 Å². The minimum Gasteiger partial charge on any atom is -0.383 e. The van der Waals surface area contributed by atoms with E-state index in [4.69, 9.17) is 9.72 Å². The van der Waals surface area contributed by atoms with Crippen molar-refractivity contribution < 1.29 is 9.13 Å². The number of hydrogen-bond acceptors (Lipinski definition) is 6. The molecule has 4 aromatic rings. The average molecular weight is 554 g/mol. The highest BCUT2D eigenvalue weighted by molar-refractivity contribution is 5.73. The van der Waals surface area contributed by atoms with Crippen molar-refractivity contribution >= 4 is 11.6 Å². The number of piperazine rings is 1. The molecule has 6 nitrogen and oxygen atoms in total. The zero-order chi connectivity index (χ0) is 28.6. The molecule has 41 heavy (non-hydrogen) atoms. The second kappa shape index (κ2) is 13.8. The van der Waals surface area contributed by atoms with Gasteiger partial charge in [-0.15, -0.1) is 0 Å². The van der Waals surface area contributed by atoms with E-state index in [2.05, 4.69) is 56.5 Å². The van der Waals surface area contributed by atoms with Crippen LogP contribution in [0, 0.1) is 5.82 Å². The lowest BCUT2D eigenvalue weighted by Gasteiger charge is -2.34. The Kier molecular flexibility index (Phi) is 9.72. The molecule has 0 amide bonds. The molecule has 214 valence electrons. The quantitative estimate of drug-likeness (QED) is 0.269. The normalized spacial score (nSPS) is 16.7. The van der Waals surface area contributed by atoms with Crippen molar-refractivity contribution in [1.29, 1.82) is 0 Å². The standard InChI is InChI=1S/C32H34FN5O.C2H6/c1-39-18-17-37-13-15-38(16-14-37)22-23-7-6-8-25(19-23)35-32-34-21-24-20-29(27-10-4-5-12-30(27)33)26-9-2-3-11-28(26)31(24)36-32;1-2/h2-12,19,21,29H,13-18,20,22H2,1H3,(H,34,35,36);1-2H3/t29-;/m1./s1. The summed E-state index contributed by atoms with van der Waals surface area (Å²) in [5, 5.41) is 3.42. The Bertz CT molecular complexity index is 1440. The second-order valence-electron chi connectivity index (χ2n) is 10.4. The predicted molar refractivity (Wildman–Crippen MR) is 164 cm³/mol. The smallest absolute Gasteiger partial charge is 0.227 e. The summed E-state index contributed by atoms with van der Waals surface area (Å²) in [4.78, 5) is 14.5. The van der Waals surface area contributed by atoms with Crippen molar-refractivity contribution in [3.8, 4) is 11.3 Å². The summed E-state index contributed by atoms with van der Waals surface area (Å²) in [5.41, 5.74) is 7.04. The van der Waals surface area contributed by atoms with Gasteiger partial charge in [-0.1, -0.05) is 68.4 Å². The lowest BCUT2D eigenvalue weighted by atomic mass is 9.78. The summed E-state index contributed by atoms with van der Waals surface area (Å²) in [6, 6.07) is 23.7. The fraction of sp³-hybridized carbons (Fsp3) is 0.353. The Labute approximate surface area is 243 Å². The first-order valence-electron chi connectivity index (χ1n) is 14.7. The molecule has 1 fully saturated rings. The molecule has 2 heterocycles. The van der Waals surface area contributed by atoms with Crippen LogP contribution in [0.2, 0.25) is 0 Å². The highest BCUT2D eigenvalue weighted by Crippen LogP contribution is 2.42. The molecule has 1 N–H and O–H groups in total. The van der Waals surface area contributed by atoms with Gasteiger partial charge < -0.3 is 10.1 Å². The molecule has 0 unspecified atom stereocenters.